The van der Waals surface area contributed by atoms with Crippen molar-refractivity contribution in [1.82, 2.24) is 10.6 Å². The second kappa shape index (κ2) is 7.64. The molecule has 0 aliphatic heterocycles. The minimum Gasteiger partial charge on any atom is -0.444 e. The van der Waals surface area contributed by atoms with Crippen LogP contribution in [0.5, 0.6) is 0 Å². The van der Waals surface area contributed by atoms with Crippen LogP contribution < -0.4 is 10.6 Å². The van der Waals surface area contributed by atoms with Crippen LogP contribution in [0.2, 0.25) is 0 Å². The third-order valence-electron chi connectivity index (χ3n) is 4.33. The Morgan fingerprint density at radius 2 is 1.71 bits per heavy atom. The summed E-state index contributed by atoms with van der Waals surface area (Å²) in [5.74, 6) is -1.28. The van der Waals surface area contributed by atoms with E-state index >= 15 is 0 Å². The highest BCUT2D eigenvalue weighted by atomic mass is 19.4. The number of halogens is 3. The van der Waals surface area contributed by atoms with Crippen molar-refractivity contribution in [1.29, 1.82) is 0 Å². The first-order chi connectivity index (χ1) is 12.7. The van der Waals surface area contributed by atoms with Crippen LogP contribution in [0.25, 0.3) is 0 Å². The lowest BCUT2D eigenvalue weighted by Gasteiger charge is -2.28. The molecule has 2 rings (SSSR count). The van der Waals surface area contributed by atoms with E-state index in [9.17, 15) is 22.8 Å². The van der Waals surface area contributed by atoms with Crippen molar-refractivity contribution in [2.75, 3.05) is 6.54 Å². The lowest BCUT2D eigenvalue weighted by atomic mass is 10.0. The number of nitrogens with one attached hydrogen (secondary N) is 2. The van der Waals surface area contributed by atoms with E-state index in [0.717, 1.165) is 6.07 Å². The van der Waals surface area contributed by atoms with Gasteiger partial charge in [-0.2, -0.15) is 13.2 Å². The number of carbonyl (C=O) groups excluding carboxylic acids is 2. The molecule has 2 atom stereocenters. The molecule has 8 heteroatoms. The first kappa shape index (κ1) is 22.0. The number of alkyl halides is 3. The molecule has 28 heavy (non-hydrogen) atoms. The SMILES string of the molecule is CC(C)(CNC(=O)OC(C)(C)C)NC(=O)C1CC1c1ccccc1C(F)(F)F. The van der Waals surface area contributed by atoms with E-state index in [1.165, 1.54) is 12.1 Å². The number of hydrogen-bond donors (Lipinski definition) is 2. The van der Waals surface area contributed by atoms with Gasteiger partial charge in [-0.25, -0.2) is 4.79 Å². The molecule has 2 unspecified atom stereocenters. The molecule has 0 spiro atoms. The van der Waals surface area contributed by atoms with Crippen LogP contribution >= 0.6 is 0 Å². The van der Waals surface area contributed by atoms with Gasteiger partial charge in [-0.3, -0.25) is 4.79 Å². The molecule has 1 aliphatic carbocycles. The molecule has 5 nitrogen and oxygen atoms in total. The molecule has 1 aliphatic rings. The minimum atomic E-state index is -4.45. The number of alkyl carbamates (subject to hydrolysis) is 1. The van der Waals surface area contributed by atoms with E-state index in [0.29, 0.717) is 6.42 Å². The zero-order valence-corrected chi connectivity index (χ0v) is 16.7. The highest BCUT2D eigenvalue weighted by Gasteiger charge is 2.48. The molecule has 0 radical (unpaired) electrons. The van der Waals surface area contributed by atoms with Crippen molar-refractivity contribution in [3.63, 3.8) is 0 Å². The van der Waals surface area contributed by atoms with Crippen molar-refractivity contribution in [2.45, 2.75) is 64.3 Å². The number of amides is 2. The Hall–Kier alpha value is -2.25. The van der Waals surface area contributed by atoms with Gasteiger partial charge in [0, 0.05) is 12.5 Å². The smallest absolute Gasteiger partial charge is 0.416 e. The number of ether oxygens (including phenoxy) is 1. The topological polar surface area (TPSA) is 67.4 Å². The van der Waals surface area contributed by atoms with Gasteiger partial charge in [0.2, 0.25) is 5.91 Å². The van der Waals surface area contributed by atoms with Crippen molar-refractivity contribution in [3.8, 4) is 0 Å². The quantitative estimate of drug-likeness (QED) is 0.777. The fraction of sp³-hybridized carbons (Fsp3) is 0.600. The monoisotopic (exact) mass is 400 g/mol. The van der Waals surface area contributed by atoms with E-state index in [1.807, 2.05) is 0 Å². The van der Waals surface area contributed by atoms with Gasteiger partial charge in [0.25, 0.3) is 0 Å². The molecule has 2 amide bonds. The lowest BCUT2D eigenvalue weighted by Crippen LogP contribution is -2.52. The van der Waals surface area contributed by atoms with E-state index in [4.69, 9.17) is 4.74 Å². The van der Waals surface area contributed by atoms with Crippen LogP contribution in [0.3, 0.4) is 0 Å². The molecular formula is C20H27F3N2O3. The molecule has 0 saturated heterocycles. The van der Waals surface area contributed by atoms with Gasteiger partial charge in [0.05, 0.1) is 11.1 Å². The summed E-state index contributed by atoms with van der Waals surface area (Å²) in [6.07, 6.45) is -4.68. The van der Waals surface area contributed by atoms with Gasteiger partial charge in [-0.15, -0.1) is 0 Å². The summed E-state index contributed by atoms with van der Waals surface area (Å²) in [7, 11) is 0. The molecule has 2 N–H and O–H groups in total. The van der Waals surface area contributed by atoms with Gasteiger partial charge in [0.1, 0.15) is 5.60 Å². The summed E-state index contributed by atoms with van der Waals surface area (Å²) >= 11 is 0. The van der Waals surface area contributed by atoms with Crippen LogP contribution in [0, 0.1) is 5.92 Å². The maximum atomic E-state index is 13.2. The maximum absolute atomic E-state index is 13.2. The fourth-order valence-corrected chi connectivity index (χ4v) is 2.98. The molecule has 0 aromatic heterocycles. The predicted octanol–water partition coefficient (Wildman–Crippen LogP) is 4.23. The standard InChI is InChI=1S/C20H27F3N2O3/c1-18(2,3)28-17(27)24-11-19(4,5)25-16(26)14-10-13(14)12-8-6-7-9-15(12)20(21,22)23/h6-9,13-14H,10-11H2,1-5H3,(H,24,27)(H,25,26). The van der Waals surface area contributed by atoms with Gasteiger partial charge < -0.3 is 15.4 Å². The minimum absolute atomic E-state index is 0.129. The summed E-state index contributed by atoms with van der Waals surface area (Å²) in [4.78, 5) is 24.3. The average molecular weight is 400 g/mol. The number of benzene rings is 1. The first-order valence-corrected chi connectivity index (χ1v) is 9.15. The summed E-state index contributed by atoms with van der Waals surface area (Å²) in [6, 6.07) is 5.36. The zero-order chi connectivity index (χ0) is 21.3. The summed E-state index contributed by atoms with van der Waals surface area (Å²) < 4.78 is 44.7. The number of hydrogen-bond acceptors (Lipinski definition) is 3. The van der Waals surface area contributed by atoms with Crippen LogP contribution in [-0.4, -0.2) is 29.7 Å². The Morgan fingerprint density at radius 1 is 1.11 bits per heavy atom. The van der Waals surface area contributed by atoms with Crippen molar-refractivity contribution in [3.05, 3.63) is 35.4 Å². The summed E-state index contributed by atoms with van der Waals surface area (Å²) in [6.45, 7) is 8.80. The second-order valence-corrected chi connectivity index (χ2v) is 8.76. The van der Waals surface area contributed by atoms with Gasteiger partial charge in [0.15, 0.2) is 0 Å². The zero-order valence-electron chi connectivity index (χ0n) is 16.7. The van der Waals surface area contributed by atoms with Crippen LogP contribution in [0.15, 0.2) is 24.3 Å². The number of rotatable bonds is 5. The second-order valence-electron chi connectivity index (χ2n) is 8.76. The van der Waals surface area contributed by atoms with Crippen molar-refractivity contribution < 1.29 is 27.5 Å². The first-order valence-electron chi connectivity index (χ1n) is 9.15. The molecule has 1 aromatic rings. The molecule has 0 bridgehead atoms. The average Bonchev–Trinajstić information content (AvgIpc) is 3.31. The van der Waals surface area contributed by atoms with E-state index in [-0.39, 0.29) is 18.0 Å². The van der Waals surface area contributed by atoms with Crippen LogP contribution in [0.1, 0.15) is 58.1 Å². The molecule has 0 heterocycles. The largest absolute Gasteiger partial charge is 0.444 e. The Balaban J connectivity index is 1.93. The van der Waals surface area contributed by atoms with E-state index in [1.54, 1.807) is 40.7 Å². The summed E-state index contributed by atoms with van der Waals surface area (Å²) in [5.41, 5.74) is -1.95. The van der Waals surface area contributed by atoms with Crippen LogP contribution in [-0.2, 0) is 15.7 Å². The normalized spacial score (nSPS) is 19.7. The van der Waals surface area contributed by atoms with Crippen LogP contribution in [0.4, 0.5) is 18.0 Å². The highest BCUT2D eigenvalue weighted by molar-refractivity contribution is 5.83. The van der Waals surface area contributed by atoms with Crippen molar-refractivity contribution in [2.24, 2.45) is 5.92 Å². The Bertz CT molecular complexity index is 739. The van der Waals surface area contributed by atoms with Gasteiger partial charge >= 0.3 is 12.3 Å². The fourth-order valence-electron chi connectivity index (χ4n) is 2.98. The maximum Gasteiger partial charge on any atom is 0.416 e. The predicted molar refractivity (Wildman–Crippen MR) is 98.8 cm³/mol. The molecule has 156 valence electrons. The molecular weight excluding hydrogens is 373 g/mol. The van der Waals surface area contributed by atoms with Gasteiger partial charge in [-0.05, 0) is 58.6 Å². The third kappa shape index (κ3) is 6.14. The van der Waals surface area contributed by atoms with E-state index in [2.05, 4.69) is 10.6 Å². The Labute approximate surface area is 163 Å². The highest BCUT2D eigenvalue weighted by Crippen LogP contribution is 2.51. The Morgan fingerprint density at radius 3 is 2.29 bits per heavy atom. The van der Waals surface area contributed by atoms with Crippen molar-refractivity contribution >= 4 is 12.0 Å². The van der Waals surface area contributed by atoms with E-state index < -0.39 is 40.8 Å². The molecule has 1 fully saturated rings. The van der Waals surface area contributed by atoms with Gasteiger partial charge in [-0.1, -0.05) is 18.2 Å². The Kier molecular flexibility index (Phi) is 6.01. The lowest BCUT2D eigenvalue weighted by molar-refractivity contribution is -0.138. The molecule has 1 aromatic carbocycles. The summed E-state index contributed by atoms with van der Waals surface area (Å²) in [5, 5.41) is 5.40. The molecule has 1 saturated carbocycles. The number of carbonyl (C=O) groups is 2. The third-order valence-corrected chi connectivity index (χ3v) is 4.33.